The van der Waals surface area contributed by atoms with Gasteiger partial charge in [-0.3, -0.25) is 23.5 Å². The lowest BCUT2D eigenvalue weighted by Crippen LogP contribution is -2.40. The van der Waals surface area contributed by atoms with Gasteiger partial charge in [-0.15, -0.1) is 0 Å². The number of fused-ring (bicyclic) bond motifs is 1. The Morgan fingerprint density at radius 2 is 1.75 bits per heavy atom. The number of nitrogens with one attached hydrogen (secondary N) is 1. The highest BCUT2D eigenvalue weighted by Gasteiger charge is 2.19. The number of rotatable bonds is 2. The molecule has 3 heterocycles. The molecule has 148 valence electrons. The third-order valence-electron chi connectivity index (χ3n) is 4.11. The summed E-state index contributed by atoms with van der Waals surface area (Å²) in [5.41, 5.74) is 1.25. The molecule has 0 unspecified atom stereocenters. The molecule has 0 bridgehead atoms. The normalized spacial score (nSPS) is 10.3. The number of anilines is 1. The average Bonchev–Trinajstić information content (AvgIpc) is 2.92. The predicted molar refractivity (Wildman–Crippen MR) is 102 cm³/mol. The summed E-state index contributed by atoms with van der Waals surface area (Å²) in [4.78, 5) is 49.2. The van der Waals surface area contributed by atoms with Crippen molar-refractivity contribution in [2.75, 3.05) is 5.32 Å². The summed E-state index contributed by atoms with van der Waals surface area (Å²) in [5, 5.41) is 14.6. The first-order chi connectivity index (χ1) is 13.1. The lowest BCUT2D eigenvalue weighted by molar-refractivity contribution is -0.122. The summed E-state index contributed by atoms with van der Waals surface area (Å²) in [6.07, 6.45) is 0. The van der Waals surface area contributed by atoms with Crippen LogP contribution in [-0.4, -0.2) is 41.4 Å². The number of carbonyl (C=O) groups is 2. The predicted octanol–water partition coefficient (Wildman–Crippen LogP) is -0.0644. The van der Waals surface area contributed by atoms with E-state index in [2.05, 4.69) is 15.4 Å². The Hall–Kier alpha value is -3.76. The number of carboxylic acid groups (broad SMARTS) is 1. The van der Waals surface area contributed by atoms with Crippen LogP contribution >= 0.6 is 0 Å². The van der Waals surface area contributed by atoms with Crippen LogP contribution in [0.4, 0.5) is 5.82 Å². The number of aromatic nitrogens is 5. The maximum atomic E-state index is 12.6. The molecule has 3 rings (SSSR count). The molecule has 3 aromatic heterocycles. The fourth-order valence-corrected chi connectivity index (χ4v) is 2.80. The highest BCUT2D eigenvalue weighted by atomic mass is 16.3. The summed E-state index contributed by atoms with van der Waals surface area (Å²) in [6.45, 7) is 3.54. The lowest BCUT2D eigenvalue weighted by Gasteiger charge is -2.09. The Balaban J connectivity index is 0.000000878. The third kappa shape index (κ3) is 3.68. The van der Waals surface area contributed by atoms with Gasteiger partial charge < -0.3 is 10.4 Å². The zero-order valence-corrected chi connectivity index (χ0v) is 16.0. The zero-order chi connectivity index (χ0) is 21.2. The molecule has 0 fully saturated rings. The van der Waals surface area contributed by atoms with Crippen molar-refractivity contribution in [3.8, 4) is 0 Å². The Morgan fingerprint density at radius 1 is 1.14 bits per heavy atom. The summed E-state index contributed by atoms with van der Waals surface area (Å²) in [7, 11) is 4.53. The number of nitrogens with zero attached hydrogens (tertiary/aromatic N) is 5. The van der Waals surface area contributed by atoms with Crippen molar-refractivity contribution in [1.82, 2.24) is 23.9 Å². The second-order valence-corrected chi connectivity index (χ2v) is 6.08. The van der Waals surface area contributed by atoms with Crippen LogP contribution < -0.4 is 16.6 Å². The van der Waals surface area contributed by atoms with Crippen molar-refractivity contribution < 1.29 is 14.7 Å². The van der Waals surface area contributed by atoms with Gasteiger partial charge in [-0.1, -0.05) is 0 Å². The van der Waals surface area contributed by atoms with E-state index in [-0.39, 0.29) is 12.2 Å². The van der Waals surface area contributed by atoms with E-state index in [1.807, 2.05) is 19.9 Å². The van der Waals surface area contributed by atoms with Crippen LogP contribution in [0.3, 0.4) is 0 Å². The minimum absolute atomic E-state index is 0.0374. The maximum Gasteiger partial charge on any atom is 0.331 e. The van der Waals surface area contributed by atoms with E-state index in [1.54, 1.807) is 11.7 Å². The first-order valence-electron chi connectivity index (χ1n) is 8.09. The van der Waals surface area contributed by atoms with Crippen LogP contribution in [0.2, 0.25) is 0 Å². The molecule has 0 spiro atoms. The molecule has 2 N–H and O–H groups in total. The van der Waals surface area contributed by atoms with Crippen LogP contribution in [-0.2, 0) is 25.9 Å². The number of amides is 1. The van der Waals surface area contributed by atoms with Crippen LogP contribution in [0.25, 0.3) is 11.0 Å². The highest BCUT2D eigenvalue weighted by Crippen LogP contribution is 2.25. The molecule has 0 saturated heterocycles. The number of hydrogen-bond donors (Lipinski definition) is 2. The van der Waals surface area contributed by atoms with Crippen molar-refractivity contribution in [3.05, 3.63) is 49.9 Å². The smallest absolute Gasteiger partial charge is 0.331 e. The van der Waals surface area contributed by atoms with Crippen molar-refractivity contribution in [1.29, 1.82) is 0 Å². The zero-order valence-electron chi connectivity index (χ0n) is 16.0. The van der Waals surface area contributed by atoms with Gasteiger partial charge in [0.25, 0.3) is 17.9 Å². The summed E-state index contributed by atoms with van der Waals surface area (Å²) in [6, 6.07) is 3.02. The Morgan fingerprint density at radius 3 is 2.36 bits per heavy atom. The molecule has 0 aromatic carbocycles. The standard InChI is InChI=1S/C16H18N6O3.CH2O2/c1-8-6-9(2)17-14-12(8)13(19-22(14)5)18-15(24)10-7-11(23)21(4)16(25)20(10)3;2-1-3/h6-7H,1-5H3,(H,18,19,24);1H,(H,2,3). The fourth-order valence-electron chi connectivity index (χ4n) is 2.80. The van der Waals surface area contributed by atoms with Crippen molar-refractivity contribution >= 4 is 29.2 Å². The third-order valence-corrected chi connectivity index (χ3v) is 4.11. The van der Waals surface area contributed by atoms with Gasteiger partial charge in [0.1, 0.15) is 5.69 Å². The quantitative estimate of drug-likeness (QED) is 0.586. The van der Waals surface area contributed by atoms with Gasteiger partial charge in [-0.2, -0.15) is 5.10 Å². The number of hydrogen-bond acceptors (Lipinski definition) is 6. The molecule has 0 saturated carbocycles. The Kier molecular flexibility index (Phi) is 5.77. The van der Waals surface area contributed by atoms with E-state index in [1.165, 1.54) is 14.1 Å². The van der Waals surface area contributed by atoms with Gasteiger partial charge in [-0.25, -0.2) is 14.5 Å². The van der Waals surface area contributed by atoms with E-state index in [0.717, 1.165) is 31.8 Å². The number of aryl methyl sites for hydroxylation is 3. The van der Waals surface area contributed by atoms with Crippen LogP contribution in [0.1, 0.15) is 21.7 Å². The molecular formula is C17H20N6O5. The topological polar surface area (TPSA) is 141 Å². The van der Waals surface area contributed by atoms with Gasteiger partial charge >= 0.3 is 5.69 Å². The average molecular weight is 388 g/mol. The molecule has 11 nitrogen and oxygen atoms in total. The number of pyridine rings is 1. The van der Waals surface area contributed by atoms with E-state index in [9.17, 15) is 14.4 Å². The maximum absolute atomic E-state index is 12.6. The number of carbonyl (C=O) groups excluding carboxylic acids is 1. The Labute approximate surface area is 158 Å². The molecule has 1 amide bonds. The fraction of sp³-hybridized carbons (Fsp3) is 0.294. The summed E-state index contributed by atoms with van der Waals surface area (Å²) >= 11 is 0. The van der Waals surface area contributed by atoms with Crippen LogP contribution in [0, 0.1) is 13.8 Å². The second kappa shape index (κ2) is 7.86. The van der Waals surface area contributed by atoms with Gasteiger partial charge in [0.2, 0.25) is 0 Å². The molecule has 0 atom stereocenters. The lowest BCUT2D eigenvalue weighted by atomic mass is 10.2. The summed E-state index contributed by atoms with van der Waals surface area (Å²) in [5.74, 6) is -0.252. The Bertz CT molecular complexity index is 1190. The highest BCUT2D eigenvalue weighted by molar-refractivity contribution is 6.07. The van der Waals surface area contributed by atoms with Gasteiger partial charge in [0.05, 0.1) is 5.39 Å². The molecule has 11 heteroatoms. The summed E-state index contributed by atoms with van der Waals surface area (Å²) < 4.78 is 3.63. The molecule has 0 aliphatic heterocycles. The van der Waals surface area contributed by atoms with E-state index < -0.39 is 17.2 Å². The molecule has 3 aromatic rings. The van der Waals surface area contributed by atoms with Crippen LogP contribution in [0.5, 0.6) is 0 Å². The van der Waals surface area contributed by atoms with Gasteiger partial charge in [0.15, 0.2) is 11.5 Å². The van der Waals surface area contributed by atoms with Gasteiger partial charge in [0, 0.05) is 32.9 Å². The van der Waals surface area contributed by atoms with Gasteiger partial charge in [-0.05, 0) is 25.5 Å². The first kappa shape index (κ1) is 20.6. The first-order valence-corrected chi connectivity index (χ1v) is 8.09. The minimum Gasteiger partial charge on any atom is -0.483 e. The van der Waals surface area contributed by atoms with Crippen LogP contribution in [0.15, 0.2) is 21.7 Å². The minimum atomic E-state index is -0.586. The van der Waals surface area contributed by atoms with E-state index >= 15 is 0 Å². The van der Waals surface area contributed by atoms with Crippen molar-refractivity contribution in [2.24, 2.45) is 21.1 Å². The monoisotopic (exact) mass is 388 g/mol. The molecule has 0 aliphatic carbocycles. The largest absolute Gasteiger partial charge is 0.483 e. The SMILES string of the molecule is Cc1cc(C)c2c(NC(=O)c3cc(=O)n(C)c(=O)n3C)nn(C)c2n1.O=CO. The van der Waals surface area contributed by atoms with Crippen molar-refractivity contribution in [2.45, 2.75) is 13.8 Å². The molecule has 28 heavy (non-hydrogen) atoms. The van der Waals surface area contributed by atoms with E-state index in [0.29, 0.717) is 11.5 Å². The van der Waals surface area contributed by atoms with E-state index in [4.69, 9.17) is 9.90 Å². The van der Waals surface area contributed by atoms with Crippen molar-refractivity contribution in [3.63, 3.8) is 0 Å². The molecule has 0 radical (unpaired) electrons. The molecule has 0 aliphatic rings. The second-order valence-electron chi connectivity index (χ2n) is 6.08. The molecular weight excluding hydrogens is 368 g/mol.